The molecule has 0 aliphatic carbocycles. The lowest BCUT2D eigenvalue weighted by molar-refractivity contribution is -2.00. The molecule has 0 aromatic heterocycles. The van der Waals surface area contributed by atoms with Gasteiger partial charge < -0.3 is 0 Å². The van der Waals surface area contributed by atoms with E-state index in [0.29, 0.717) is 0 Å². The standard InChI is InChI=1S/C7H5OS.ClHO4/c1-3-8-7-2-4-9-5-6(1)7;2-1(3,4)5/h1-5H;(H,2,3,4,5)/q+1;/p-1. The maximum Gasteiger partial charge on any atom is 0.361 e. The number of furan rings is 1. The van der Waals surface area contributed by atoms with Crippen LogP contribution in [-0.2, 0) is 0 Å². The molecule has 0 unspecified atom stereocenters. The molecule has 0 N–H and O–H groups in total. The van der Waals surface area contributed by atoms with Crippen molar-refractivity contribution in [1.82, 2.24) is 0 Å². The Morgan fingerprint density at radius 3 is 2.36 bits per heavy atom. The average Bonchev–Trinajstić information content (AvgIpc) is 2.47. The van der Waals surface area contributed by atoms with Crippen LogP contribution >= 0.6 is 11.3 Å². The first-order chi connectivity index (χ1) is 6.47. The minimum atomic E-state index is -4.94. The summed E-state index contributed by atoms with van der Waals surface area (Å²) in [7, 11) is -4.94. The van der Waals surface area contributed by atoms with E-state index in [-0.39, 0.29) is 0 Å². The van der Waals surface area contributed by atoms with Crippen molar-refractivity contribution in [1.29, 1.82) is 0 Å². The molecule has 0 saturated carbocycles. The predicted octanol–water partition coefficient (Wildman–Crippen LogP) is -2.03. The zero-order valence-corrected chi connectivity index (χ0v) is 8.29. The first-order valence-electron chi connectivity index (χ1n) is 3.31. The van der Waals surface area contributed by atoms with Gasteiger partial charge in [0.2, 0.25) is 0 Å². The van der Waals surface area contributed by atoms with Gasteiger partial charge in [0.1, 0.15) is 0 Å². The summed E-state index contributed by atoms with van der Waals surface area (Å²) < 4.78 is 39.1. The van der Waals surface area contributed by atoms with Crippen molar-refractivity contribution in [2.75, 3.05) is 0 Å². The smallest absolute Gasteiger partial charge is 0.222 e. The van der Waals surface area contributed by atoms with Crippen molar-refractivity contribution < 1.29 is 33.3 Å². The Hall–Kier alpha value is -0.760. The fourth-order valence-corrected chi connectivity index (χ4v) is 1.40. The van der Waals surface area contributed by atoms with Gasteiger partial charge in [0.05, 0.1) is 17.7 Å². The van der Waals surface area contributed by atoms with E-state index in [0.717, 1.165) is 5.76 Å². The van der Waals surface area contributed by atoms with Gasteiger partial charge in [0.15, 0.2) is 0 Å². The van der Waals surface area contributed by atoms with Gasteiger partial charge in [-0.3, -0.25) is 0 Å². The Bertz CT molecular complexity index is 324. The van der Waals surface area contributed by atoms with E-state index >= 15 is 0 Å². The zero-order chi connectivity index (χ0) is 10.6. The van der Waals surface area contributed by atoms with Crippen molar-refractivity contribution in [3.63, 3.8) is 0 Å². The third kappa shape index (κ3) is 4.47. The van der Waals surface area contributed by atoms with Crippen molar-refractivity contribution in [2.45, 2.75) is 0 Å². The molecule has 2 rings (SSSR count). The van der Waals surface area contributed by atoms with Crippen LogP contribution in [0.1, 0.15) is 0 Å². The van der Waals surface area contributed by atoms with Gasteiger partial charge in [-0.15, -0.1) is 10.2 Å². The molecule has 0 radical (unpaired) electrons. The summed E-state index contributed by atoms with van der Waals surface area (Å²) >= 11 is 1.68. The van der Waals surface area contributed by atoms with Crippen LogP contribution in [0.25, 0.3) is 11.3 Å². The topological polar surface area (TPSA) is 104 Å². The lowest BCUT2D eigenvalue weighted by Gasteiger charge is -2.17. The summed E-state index contributed by atoms with van der Waals surface area (Å²) in [5, 5.41) is 4.07. The van der Waals surface area contributed by atoms with E-state index in [4.69, 9.17) is 23.1 Å². The van der Waals surface area contributed by atoms with Crippen molar-refractivity contribution in [3.8, 4) is 11.3 Å². The molecule has 2 heterocycles. The van der Waals surface area contributed by atoms with Crippen molar-refractivity contribution >= 4 is 11.3 Å². The largest absolute Gasteiger partial charge is 0.361 e. The van der Waals surface area contributed by atoms with Gasteiger partial charge >= 0.3 is 12.0 Å². The predicted molar refractivity (Wildman–Crippen MR) is 37.6 cm³/mol. The molecule has 0 bridgehead atoms. The monoisotopic (exact) mass is 236 g/mol. The third-order valence-corrected chi connectivity index (χ3v) is 1.90. The molecule has 2 aliphatic heterocycles. The highest BCUT2D eigenvalue weighted by molar-refractivity contribution is 7.07. The molecule has 0 amide bonds. The Morgan fingerprint density at radius 1 is 1.14 bits per heavy atom. The van der Waals surface area contributed by atoms with Crippen LogP contribution in [0.2, 0.25) is 0 Å². The highest BCUT2D eigenvalue weighted by Gasteiger charge is 2.12. The summed E-state index contributed by atoms with van der Waals surface area (Å²) in [6.07, 6.45) is 1.71. The molecule has 2 aliphatic rings. The Kier molecular flexibility index (Phi) is 3.76. The van der Waals surface area contributed by atoms with E-state index in [9.17, 15) is 0 Å². The van der Waals surface area contributed by atoms with Crippen LogP contribution in [0.3, 0.4) is 0 Å². The summed E-state index contributed by atoms with van der Waals surface area (Å²) in [5.74, 6) is 0.966. The molecular formula is C7H5ClO5S. The van der Waals surface area contributed by atoms with Crippen LogP contribution < -0.4 is 18.6 Å². The first-order valence-corrected chi connectivity index (χ1v) is 5.49. The number of hydrogen-bond acceptors (Lipinski definition) is 5. The Morgan fingerprint density at radius 2 is 1.79 bits per heavy atom. The normalized spacial score (nSPS) is 10.9. The molecule has 0 saturated heterocycles. The number of halogens is 1. The van der Waals surface area contributed by atoms with E-state index in [1.54, 1.807) is 17.6 Å². The Labute approximate surface area is 85.6 Å². The molecule has 0 spiro atoms. The molecule has 0 atom stereocenters. The van der Waals surface area contributed by atoms with Gasteiger partial charge in [-0.1, -0.05) is 0 Å². The summed E-state index contributed by atoms with van der Waals surface area (Å²) in [6, 6.07) is 3.94. The fraction of sp³-hybridized carbons (Fsp3) is 0. The number of rotatable bonds is 0. The lowest BCUT2D eigenvalue weighted by Crippen LogP contribution is -2.68. The molecule has 7 heteroatoms. The number of hydrogen-bond donors (Lipinski definition) is 0. The van der Waals surface area contributed by atoms with Crippen LogP contribution in [0, 0.1) is 10.2 Å². The van der Waals surface area contributed by atoms with E-state index in [1.807, 2.05) is 17.5 Å². The van der Waals surface area contributed by atoms with Crippen LogP contribution in [0.4, 0.5) is 0 Å². The fourth-order valence-electron chi connectivity index (χ4n) is 0.777. The zero-order valence-electron chi connectivity index (χ0n) is 6.71. The molecule has 76 valence electrons. The summed E-state index contributed by atoms with van der Waals surface area (Å²) in [6.45, 7) is 0. The summed E-state index contributed by atoms with van der Waals surface area (Å²) in [5.41, 5.74) is 1.18. The second kappa shape index (κ2) is 4.65. The quantitative estimate of drug-likeness (QED) is 0.491. The van der Waals surface area contributed by atoms with Crippen molar-refractivity contribution in [3.05, 3.63) is 29.2 Å². The maximum atomic E-state index is 8.49. The molecule has 5 nitrogen and oxygen atoms in total. The van der Waals surface area contributed by atoms with Gasteiger partial charge in [-0.2, -0.15) is 11.3 Å². The molecule has 0 aromatic carbocycles. The van der Waals surface area contributed by atoms with E-state index in [1.165, 1.54) is 5.56 Å². The Balaban J connectivity index is 0.000000171. The van der Waals surface area contributed by atoms with E-state index < -0.39 is 10.2 Å². The van der Waals surface area contributed by atoms with Crippen molar-refractivity contribution in [2.24, 2.45) is 0 Å². The highest BCUT2D eigenvalue weighted by Crippen LogP contribution is 2.23. The van der Waals surface area contributed by atoms with Crippen LogP contribution in [0.5, 0.6) is 0 Å². The van der Waals surface area contributed by atoms with Gasteiger partial charge in [0.25, 0.3) is 0 Å². The van der Waals surface area contributed by atoms with Gasteiger partial charge in [0, 0.05) is 10.8 Å². The average molecular weight is 237 g/mol. The van der Waals surface area contributed by atoms with Gasteiger partial charge in [-0.25, -0.2) is 23.1 Å². The molecule has 14 heavy (non-hydrogen) atoms. The van der Waals surface area contributed by atoms with Crippen LogP contribution in [0.15, 0.2) is 33.6 Å². The summed E-state index contributed by atoms with van der Waals surface area (Å²) in [4.78, 5) is 0. The number of fused-ring (bicyclic) bond motifs is 1. The minimum Gasteiger partial charge on any atom is -0.222 e. The highest BCUT2D eigenvalue weighted by atomic mass is 35.7. The minimum absolute atomic E-state index is 0.966. The molecule has 0 fully saturated rings. The lowest BCUT2D eigenvalue weighted by atomic mass is 10.3. The SMILES string of the molecule is [O-][Cl+3]([O-])([O-])[O-].c1cc2csccc-2[o+]1. The third-order valence-electron chi connectivity index (χ3n) is 1.22. The molecule has 0 aromatic rings. The van der Waals surface area contributed by atoms with Crippen LogP contribution in [-0.4, -0.2) is 0 Å². The van der Waals surface area contributed by atoms with E-state index in [2.05, 4.69) is 5.38 Å². The molecular weight excluding hydrogens is 232 g/mol. The first kappa shape index (κ1) is 11.3. The second-order valence-electron chi connectivity index (χ2n) is 2.17. The maximum absolute atomic E-state index is 8.49. The van der Waals surface area contributed by atoms with Gasteiger partial charge in [-0.05, 0) is 0 Å². The second-order valence-corrected chi connectivity index (χ2v) is 3.71.